The smallest absolute Gasteiger partial charge is 0.336 e. The number of aryl methyl sites for hydroxylation is 3. The molecule has 40 heavy (non-hydrogen) atoms. The highest BCUT2D eigenvalue weighted by Crippen LogP contribution is 2.31. The minimum absolute atomic E-state index is 0.0923. The number of rotatable bonds is 3. The van der Waals surface area contributed by atoms with Gasteiger partial charge in [0.05, 0.1) is 11.1 Å². The van der Waals surface area contributed by atoms with E-state index in [4.69, 9.17) is 8.83 Å². The maximum absolute atomic E-state index is 13.4. The monoisotopic (exact) mass is 533 g/mol. The zero-order chi connectivity index (χ0) is 28.1. The van der Waals surface area contributed by atoms with Crippen LogP contribution < -0.4 is 21.5 Å². The summed E-state index contributed by atoms with van der Waals surface area (Å²) in [5, 5.41) is 13.1. The third kappa shape index (κ3) is 4.23. The van der Waals surface area contributed by atoms with Crippen LogP contribution in [0.3, 0.4) is 0 Å². The number of aliphatic imine (C=N–C) groups is 1. The summed E-state index contributed by atoms with van der Waals surface area (Å²) in [5.41, 5.74) is 5.93. The maximum Gasteiger partial charge on any atom is 0.336 e. The van der Waals surface area contributed by atoms with Crippen LogP contribution in [0.5, 0.6) is 5.95 Å². The number of hydrazine groups is 1. The first kappa shape index (κ1) is 24.9. The van der Waals surface area contributed by atoms with E-state index >= 15 is 0 Å². The predicted octanol–water partition coefficient (Wildman–Crippen LogP) is 4.87. The van der Waals surface area contributed by atoms with Gasteiger partial charge in [-0.1, -0.05) is 42.0 Å². The lowest BCUT2D eigenvalue weighted by Gasteiger charge is -2.31. The third-order valence-corrected chi connectivity index (χ3v) is 6.77. The Balaban J connectivity index is 1.55. The molecule has 5 aromatic rings. The van der Waals surface area contributed by atoms with Gasteiger partial charge in [0.2, 0.25) is 5.43 Å². The molecule has 198 valence electrons. The Hall–Kier alpha value is -5.44. The number of carbonyl (C=O) groups excluding carboxylic acids is 1. The van der Waals surface area contributed by atoms with Crippen LogP contribution >= 0.6 is 0 Å². The van der Waals surface area contributed by atoms with Gasteiger partial charge in [-0.05, 0) is 62.2 Å². The summed E-state index contributed by atoms with van der Waals surface area (Å²) in [7, 11) is 0. The summed E-state index contributed by atoms with van der Waals surface area (Å²) < 4.78 is 10.9. The van der Waals surface area contributed by atoms with Gasteiger partial charge in [-0.15, -0.1) is 0 Å². The van der Waals surface area contributed by atoms with Gasteiger partial charge in [0.1, 0.15) is 22.4 Å². The number of aromatic hydroxyl groups is 1. The van der Waals surface area contributed by atoms with Crippen molar-refractivity contribution in [3.05, 3.63) is 121 Å². The lowest BCUT2D eigenvalue weighted by Crippen LogP contribution is -2.51. The van der Waals surface area contributed by atoms with E-state index in [-0.39, 0.29) is 22.2 Å². The normalized spacial score (nSPS) is 14.6. The predicted molar refractivity (Wildman–Crippen MR) is 152 cm³/mol. The first-order chi connectivity index (χ1) is 19.2. The molecule has 2 aromatic heterocycles. The van der Waals surface area contributed by atoms with Crippen molar-refractivity contribution in [2.24, 2.45) is 4.99 Å². The van der Waals surface area contributed by atoms with Gasteiger partial charge in [-0.2, -0.15) is 0 Å². The molecule has 1 aliphatic rings. The Labute approximate surface area is 227 Å². The van der Waals surface area contributed by atoms with Crippen LogP contribution in [0, 0.1) is 20.8 Å². The first-order valence-electron chi connectivity index (χ1n) is 12.5. The highest BCUT2D eigenvalue weighted by atomic mass is 16.5. The van der Waals surface area contributed by atoms with Gasteiger partial charge in [-0.3, -0.25) is 15.0 Å². The number of nitrogens with zero attached hydrogens (tertiary/aromatic N) is 2. The van der Waals surface area contributed by atoms with Crippen LogP contribution in [-0.2, 0) is 4.79 Å². The van der Waals surface area contributed by atoms with E-state index in [0.717, 1.165) is 16.7 Å². The van der Waals surface area contributed by atoms with E-state index in [0.29, 0.717) is 28.1 Å². The molecule has 0 saturated carbocycles. The number of fused-ring (bicyclic) bond motifs is 2. The zero-order valence-corrected chi connectivity index (χ0v) is 21.8. The number of hydrogen-bond donors (Lipinski definition) is 2. The number of amides is 1. The average Bonchev–Trinajstić information content (AvgIpc) is 2.92. The van der Waals surface area contributed by atoms with E-state index in [1.165, 1.54) is 12.1 Å². The van der Waals surface area contributed by atoms with Crippen LogP contribution in [0.4, 0.5) is 5.69 Å². The standard InChI is InChI=1S/C31H23N3O6/c1-16-9-10-25-21(11-16)28(36)22(31(38)40-25)14-23-30(37)33-34(29(32-23)19-7-5-4-6-8-19)24-15-20-17(2)13-27(35)39-26(20)12-18(24)3/h4-15,38H,1-3H3,(H,33,37)/b23-14+. The van der Waals surface area contributed by atoms with Crippen molar-refractivity contribution >= 4 is 45.4 Å². The van der Waals surface area contributed by atoms with Crippen LogP contribution in [0.1, 0.15) is 27.8 Å². The van der Waals surface area contributed by atoms with Gasteiger partial charge in [0.15, 0.2) is 5.84 Å². The summed E-state index contributed by atoms with van der Waals surface area (Å²) in [4.78, 5) is 43.2. The lowest BCUT2D eigenvalue weighted by atomic mass is 10.1. The second kappa shape index (κ2) is 9.39. The van der Waals surface area contributed by atoms with Crippen LogP contribution in [0.15, 0.2) is 95.8 Å². The molecule has 0 atom stereocenters. The molecule has 3 aromatic carbocycles. The Kier molecular flexibility index (Phi) is 5.84. The van der Waals surface area contributed by atoms with Gasteiger partial charge in [0.25, 0.3) is 11.9 Å². The van der Waals surface area contributed by atoms with Crippen LogP contribution in [0.25, 0.3) is 28.0 Å². The fraction of sp³-hybridized carbons (Fsp3) is 0.0968. The highest BCUT2D eigenvalue weighted by molar-refractivity contribution is 6.18. The van der Waals surface area contributed by atoms with E-state index in [1.807, 2.05) is 57.2 Å². The number of nitrogens with one attached hydrogen (secondary N) is 1. The number of benzene rings is 3. The second-order valence-electron chi connectivity index (χ2n) is 9.64. The second-order valence-corrected chi connectivity index (χ2v) is 9.64. The first-order valence-corrected chi connectivity index (χ1v) is 12.5. The molecule has 1 amide bonds. The molecule has 0 aliphatic carbocycles. The molecule has 0 radical (unpaired) electrons. The van der Waals surface area contributed by atoms with Gasteiger partial charge in [0, 0.05) is 17.0 Å². The van der Waals surface area contributed by atoms with Crippen molar-refractivity contribution in [2.75, 3.05) is 5.01 Å². The number of hydrogen-bond acceptors (Lipinski definition) is 8. The Morgan fingerprint density at radius 1 is 0.850 bits per heavy atom. The summed E-state index contributed by atoms with van der Waals surface area (Å²) in [6.07, 6.45) is 1.23. The molecule has 0 saturated heterocycles. The Morgan fingerprint density at radius 3 is 2.40 bits per heavy atom. The molecule has 0 fully saturated rings. The molecule has 9 nitrogen and oxygen atoms in total. The van der Waals surface area contributed by atoms with Crippen molar-refractivity contribution in [3.63, 3.8) is 0 Å². The topological polar surface area (TPSA) is 125 Å². The summed E-state index contributed by atoms with van der Waals surface area (Å²) in [6.45, 7) is 5.48. The molecule has 9 heteroatoms. The number of amidine groups is 1. The minimum Gasteiger partial charge on any atom is -0.480 e. The zero-order valence-electron chi connectivity index (χ0n) is 21.8. The van der Waals surface area contributed by atoms with Crippen molar-refractivity contribution in [1.29, 1.82) is 0 Å². The molecule has 0 unspecified atom stereocenters. The maximum atomic E-state index is 13.4. The minimum atomic E-state index is -0.608. The van der Waals surface area contributed by atoms with Crippen molar-refractivity contribution in [3.8, 4) is 5.95 Å². The fourth-order valence-electron chi connectivity index (χ4n) is 4.75. The summed E-state index contributed by atoms with van der Waals surface area (Å²) >= 11 is 0. The van der Waals surface area contributed by atoms with E-state index in [9.17, 15) is 19.5 Å². The summed E-state index contributed by atoms with van der Waals surface area (Å²) in [5.74, 6) is -0.828. The molecule has 0 spiro atoms. The Bertz CT molecular complexity index is 2040. The molecule has 0 bridgehead atoms. The molecular formula is C31H23N3O6. The fourth-order valence-corrected chi connectivity index (χ4v) is 4.75. The van der Waals surface area contributed by atoms with Crippen molar-refractivity contribution in [1.82, 2.24) is 5.43 Å². The average molecular weight is 534 g/mol. The van der Waals surface area contributed by atoms with Crippen LogP contribution in [-0.4, -0.2) is 16.8 Å². The van der Waals surface area contributed by atoms with E-state index in [2.05, 4.69) is 10.4 Å². The van der Waals surface area contributed by atoms with E-state index < -0.39 is 22.9 Å². The Morgan fingerprint density at radius 2 is 1.62 bits per heavy atom. The van der Waals surface area contributed by atoms with Crippen molar-refractivity contribution < 1.29 is 18.7 Å². The van der Waals surface area contributed by atoms with E-state index in [1.54, 1.807) is 29.3 Å². The van der Waals surface area contributed by atoms with Gasteiger partial charge >= 0.3 is 5.63 Å². The third-order valence-electron chi connectivity index (χ3n) is 6.77. The lowest BCUT2D eigenvalue weighted by molar-refractivity contribution is -0.117. The SMILES string of the molecule is Cc1ccc2oc(O)c(/C=C3/N=C(c4ccccc4)N(c4cc5c(C)cc(=O)oc5cc4C)NC3=O)c(=O)c2c1. The largest absolute Gasteiger partial charge is 0.480 e. The molecule has 6 rings (SSSR count). The molecule has 1 aliphatic heterocycles. The van der Waals surface area contributed by atoms with Gasteiger partial charge in [-0.25, -0.2) is 14.8 Å². The van der Waals surface area contributed by atoms with Gasteiger partial charge < -0.3 is 13.9 Å². The highest BCUT2D eigenvalue weighted by Gasteiger charge is 2.29. The van der Waals surface area contributed by atoms with Crippen molar-refractivity contribution in [2.45, 2.75) is 20.8 Å². The quantitative estimate of drug-likeness (QED) is 0.250. The molecule has 2 N–H and O–H groups in total. The molecule has 3 heterocycles. The number of anilines is 1. The molecular weight excluding hydrogens is 510 g/mol. The number of carbonyl (C=O) groups is 1. The summed E-state index contributed by atoms with van der Waals surface area (Å²) in [6, 6.07) is 19.2. The van der Waals surface area contributed by atoms with Crippen LogP contribution in [0.2, 0.25) is 0 Å².